The molecule has 0 aromatic heterocycles. The Morgan fingerprint density at radius 2 is 1.63 bits per heavy atom. The van der Waals surface area contributed by atoms with Crippen LogP contribution in [0, 0.1) is 0 Å². The van der Waals surface area contributed by atoms with Crippen LogP contribution in [0.15, 0.2) is 54.6 Å². The zero-order valence-electron chi connectivity index (χ0n) is 15.3. The van der Waals surface area contributed by atoms with Gasteiger partial charge in [0.1, 0.15) is 0 Å². The van der Waals surface area contributed by atoms with Crippen LogP contribution in [0.3, 0.4) is 0 Å². The molecule has 2 N–H and O–H groups in total. The van der Waals surface area contributed by atoms with Crippen LogP contribution in [0.4, 0.5) is 17.1 Å². The van der Waals surface area contributed by atoms with E-state index in [0.717, 1.165) is 50.3 Å². The Kier molecular flexibility index (Phi) is 5.33. The predicted octanol–water partition coefficient (Wildman–Crippen LogP) is 2.62. The van der Waals surface area contributed by atoms with E-state index in [9.17, 15) is 8.42 Å². The largest absolute Gasteiger partial charge is 0.330 e. The monoisotopic (exact) mass is 386 g/mol. The van der Waals surface area contributed by atoms with E-state index in [2.05, 4.69) is 10.6 Å². The van der Waals surface area contributed by atoms with Crippen LogP contribution in [-0.4, -0.2) is 40.6 Å². The molecule has 27 heavy (non-hydrogen) atoms. The fourth-order valence-electron chi connectivity index (χ4n) is 3.82. The van der Waals surface area contributed by atoms with Gasteiger partial charge in [0, 0.05) is 12.6 Å². The zero-order valence-corrected chi connectivity index (χ0v) is 16.2. The van der Waals surface area contributed by atoms with E-state index in [-0.39, 0.29) is 0 Å². The van der Waals surface area contributed by atoms with E-state index in [1.807, 2.05) is 54.6 Å². The van der Waals surface area contributed by atoms with Crippen molar-refractivity contribution in [2.45, 2.75) is 25.3 Å². The lowest BCUT2D eigenvalue weighted by molar-refractivity contribution is 0.387. The lowest BCUT2D eigenvalue weighted by atomic mass is 10.1. The molecule has 0 aliphatic carbocycles. The van der Waals surface area contributed by atoms with Crippen LogP contribution in [-0.2, 0) is 10.2 Å². The molecule has 1 fully saturated rings. The Balaban J connectivity index is 1.49. The number of para-hydroxylation sites is 3. The molecular formula is C20H26N4O2S. The van der Waals surface area contributed by atoms with Crippen molar-refractivity contribution in [3.63, 3.8) is 0 Å². The summed E-state index contributed by atoms with van der Waals surface area (Å²) in [6.07, 6.45) is 3.04. The molecular weight excluding hydrogens is 360 g/mol. The molecule has 4 rings (SSSR count). The molecule has 2 heterocycles. The van der Waals surface area contributed by atoms with Crippen molar-refractivity contribution in [3.8, 4) is 0 Å². The Bertz CT molecular complexity index is 867. The van der Waals surface area contributed by atoms with Crippen LogP contribution < -0.4 is 19.2 Å². The summed E-state index contributed by atoms with van der Waals surface area (Å²) < 4.78 is 29.5. The molecule has 0 atom stereocenters. The first-order valence-corrected chi connectivity index (χ1v) is 11.0. The van der Waals surface area contributed by atoms with Gasteiger partial charge in [-0.3, -0.25) is 4.31 Å². The number of nitrogens with zero attached hydrogens (tertiary/aromatic N) is 2. The molecule has 2 aliphatic rings. The van der Waals surface area contributed by atoms with Gasteiger partial charge in [-0.05, 0) is 63.2 Å². The highest BCUT2D eigenvalue weighted by Gasteiger charge is 2.40. The average Bonchev–Trinajstić information content (AvgIpc) is 2.93. The fourth-order valence-corrected chi connectivity index (χ4v) is 5.57. The van der Waals surface area contributed by atoms with Gasteiger partial charge in [-0.25, -0.2) is 4.31 Å². The molecule has 0 saturated carbocycles. The van der Waals surface area contributed by atoms with Crippen LogP contribution in [0.2, 0.25) is 0 Å². The van der Waals surface area contributed by atoms with Gasteiger partial charge >= 0.3 is 10.2 Å². The summed E-state index contributed by atoms with van der Waals surface area (Å²) in [7, 11) is -3.62. The van der Waals surface area contributed by atoms with Gasteiger partial charge in [0.05, 0.1) is 17.1 Å². The van der Waals surface area contributed by atoms with Gasteiger partial charge in [-0.15, -0.1) is 0 Å². The molecule has 144 valence electrons. The third-order valence-electron chi connectivity index (χ3n) is 5.18. The molecule has 0 radical (unpaired) electrons. The summed E-state index contributed by atoms with van der Waals surface area (Å²) in [4.78, 5) is 0. The topological polar surface area (TPSA) is 64.7 Å². The van der Waals surface area contributed by atoms with Crippen molar-refractivity contribution in [2.24, 2.45) is 0 Å². The third-order valence-corrected chi connectivity index (χ3v) is 6.98. The van der Waals surface area contributed by atoms with E-state index in [1.54, 1.807) is 4.31 Å². The molecule has 2 aliphatic heterocycles. The molecule has 1 saturated heterocycles. The molecule has 0 unspecified atom stereocenters. The SMILES string of the molecule is O=S1(=O)N(CCCNC2CCNCC2)c2ccccc2N1c1ccccc1. The number of hydrogen-bond donors (Lipinski definition) is 2. The first-order chi connectivity index (χ1) is 13.2. The fraction of sp³-hybridized carbons (Fsp3) is 0.400. The molecule has 0 amide bonds. The third kappa shape index (κ3) is 3.67. The maximum Gasteiger partial charge on any atom is 0.330 e. The van der Waals surface area contributed by atoms with Gasteiger partial charge in [0.25, 0.3) is 0 Å². The first-order valence-electron chi connectivity index (χ1n) is 9.59. The maximum atomic E-state index is 13.3. The minimum absolute atomic E-state index is 0.473. The van der Waals surface area contributed by atoms with E-state index >= 15 is 0 Å². The Morgan fingerprint density at radius 3 is 2.37 bits per heavy atom. The van der Waals surface area contributed by atoms with E-state index in [1.165, 1.54) is 4.31 Å². The summed E-state index contributed by atoms with van der Waals surface area (Å²) in [5, 5.41) is 6.92. The van der Waals surface area contributed by atoms with Crippen LogP contribution in [0.1, 0.15) is 19.3 Å². The van der Waals surface area contributed by atoms with Crippen molar-refractivity contribution in [1.82, 2.24) is 10.6 Å². The summed E-state index contributed by atoms with van der Waals surface area (Å²) in [6.45, 7) is 3.40. The number of piperidine rings is 1. The smallest absolute Gasteiger partial charge is 0.317 e. The highest BCUT2D eigenvalue weighted by molar-refractivity contribution is 7.95. The van der Waals surface area contributed by atoms with Gasteiger partial charge < -0.3 is 10.6 Å². The highest BCUT2D eigenvalue weighted by atomic mass is 32.2. The van der Waals surface area contributed by atoms with Crippen molar-refractivity contribution in [3.05, 3.63) is 54.6 Å². The van der Waals surface area contributed by atoms with Crippen LogP contribution in [0.25, 0.3) is 0 Å². The lowest BCUT2D eigenvalue weighted by Crippen LogP contribution is -2.41. The van der Waals surface area contributed by atoms with Crippen molar-refractivity contribution >= 4 is 27.3 Å². The number of anilines is 3. The van der Waals surface area contributed by atoms with Gasteiger partial charge in [-0.2, -0.15) is 8.42 Å². The molecule has 7 heteroatoms. The maximum absolute atomic E-state index is 13.3. The second-order valence-corrected chi connectivity index (χ2v) is 8.70. The zero-order chi connectivity index (χ0) is 18.7. The molecule has 6 nitrogen and oxygen atoms in total. The van der Waals surface area contributed by atoms with E-state index in [4.69, 9.17) is 0 Å². The highest BCUT2D eigenvalue weighted by Crippen LogP contribution is 2.44. The van der Waals surface area contributed by atoms with E-state index in [0.29, 0.717) is 18.3 Å². The molecule has 0 bridgehead atoms. The summed E-state index contributed by atoms with van der Waals surface area (Å²) in [6, 6.07) is 17.3. The van der Waals surface area contributed by atoms with Crippen LogP contribution >= 0.6 is 0 Å². The molecule has 2 aromatic carbocycles. The van der Waals surface area contributed by atoms with Gasteiger partial charge in [0.15, 0.2) is 0 Å². The Morgan fingerprint density at radius 1 is 0.963 bits per heavy atom. The Hall–Kier alpha value is -2.09. The van der Waals surface area contributed by atoms with Gasteiger partial charge in [-0.1, -0.05) is 30.3 Å². The summed E-state index contributed by atoms with van der Waals surface area (Å²) >= 11 is 0. The number of hydrogen-bond acceptors (Lipinski definition) is 4. The van der Waals surface area contributed by atoms with Crippen molar-refractivity contribution in [1.29, 1.82) is 0 Å². The van der Waals surface area contributed by atoms with E-state index < -0.39 is 10.2 Å². The standard InChI is InChI=1S/C20H26N4O2S/c25-27(26)23(16-6-13-22-17-11-14-21-15-12-17)19-9-4-5-10-20(19)24(27)18-7-2-1-3-8-18/h1-5,7-10,17,21-22H,6,11-16H2. The number of rotatable bonds is 6. The molecule has 0 spiro atoms. The minimum atomic E-state index is -3.62. The van der Waals surface area contributed by atoms with Crippen LogP contribution in [0.5, 0.6) is 0 Å². The number of fused-ring (bicyclic) bond motifs is 1. The summed E-state index contributed by atoms with van der Waals surface area (Å²) in [5.74, 6) is 0. The second kappa shape index (κ2) is 7.88. The van der Waals surface area contributed by atoms with Crippen molar-refractivity contribution in [2.75, 3.05) is 34.8 Å². The lowest BCUT2D eigenvalue weighted by Gasteiger charge is -2.25. The second-order valence-electron chi connectivity index (χ2n) is 7.00. The normalized spacial score (nSPS) is 19.3. The average molecular weight is 387 g/mol. The number of nitrogens with one attached hydrogen (secondary N) is 2. The predicted molar refractivity (Wildman–Crippen MR) is 110 cm³/mol. The minimum Gasteiger partial charge on any atom is -0.317 e. The Labute approximate surface area is 161 Å². The number of benzene rings is 2. The molecule has 2 aromatic rings. The van der Waals surface area contributed by atoms with Crippen molar-refractivity contribution < 1.29 is 8.42 Å². The summed E-state index contributed by atoms with van der Waals surface area (Å²) in [5.41, 5.74) is 2.14. The quantitative estimate of drug-likeness (QED) is 0.749. The van der Waals surface area contributed by atoms with Gasteiger partial charge in [0.2, 0.25) is 0 Å². The first kappa shape index (κ1) is 18.3.